The van der Waals surface area contributed by atoms with E-state index in [9.17, 15) is 0 Å². The Kier molecular flexibility index (Phi) is 5.71. The highest BCUT2D eigenvalue weighted by atomic mass is 16.5. The molecule has 0 heterocycles. The Morgan fingerprint density at radius 2 is 1.79 bits per heavy atom. The van der Waals surface area contributed by atoms with Crippen molar-refractivity contribution in [1.29, 1.82) is 0 Å². The zero-order chi connectivity index (χ0) is 13.5. The van der Waals surface area contributed by atoms with Crippen LogP contribution in [0.5, 0.6) is 5.75 Å². The van der Waals surface area contributed by atoms with E-state index in [-0.39, 0.29) is 6.61 Å². The van der Waals surface area contributed by atoms with Gasteiger partial charge in [0.05, 0.1) is 6.61 Å². The van der Waals surface area contributed by atoms with Gasteiger partial charge in [0.15, 0.2) is 0 Å². The molecule has 0 atom stereocenters. The SMILES string of the molecule is CCC[C@H]1CC[C@H](c2ccc(OCCO)cc2)CC1. The molecule has 0 bridgehead atoms. The van der Waals surface area contributed by atoms with E-state index < -0.39 is 0 Å². The van der Waals surface area contributed by atoms with Crippen LogP contribution in [0.3, 0.4) is 0 Å². The van der Waals surface area contributed by atoms with Crippen molar-refractivity contribution in [2.45, 2.75) is 51.4 Å². The Labute approximate surface area is 116 Å². The van der Waals surface area contributed by atoms with Crippen LogP contribution in [-0.4, -0.2) is 18.3 Å². The first-order valence-electron chi connectivity index (χ1n) is 7.67. The summed E-state index contributed by atoms with van der Waals surface area (Å²) in [5.41, 5.74) is 1.45. The quantitative estimate of drug-likeness (QED) is 0.835. The average molecular weight is 262 g/mol. The van der Waals surface area contributed by atoms with E-state index in [2.05, 4.69) is 19.1 Å². The van der Waals surface area contributed by atoms with Crippen molar-refractivity contribution in [1.82, 2.24) is 0 Å². The summed E-state index contributed by atoms with van der Waals surface area (Å²) in [6.45, 7) is 2.74. The molecule has 0 radical (unpaired) electrons. The molecule has 0 aromatic heterocycles. The molecule has 2 nitrogen and oxygen atoms in total. The molecular weight excluding hydrogens is 236 g/mol. The summed E-state index contributed by atoms with van der Waals surface area (Å²) in [6.07, 6.45) is 8.18. The molecule has 0 unspecified atom stereocenters. The zero-order valence-electron chi connectivity index (χ0n) is 12.0. The van der Waals surface area contributed by atoms with Crippen LogP contribution in [0.4, 0.5) is 0 Å². The van der Waals surface area contributed by atoms with Gasteiger partial charge in [-0.25, -0.2) is 0 Å². The van der Waals surface area contributed by atoms with Crippen LogP contribution < -0.4 is 4.74 Å². The third kappa shape index (κ3) is 4.24. The average Bonchev–Trinajstić information content (AvgIpc) is 2.47. The van der Waals surface area contributed by atoms with Gasteiger partial charge in [-0.05, 0) is 55.2 Å². The van der Waals surface area contributed by atoms with Gasteiger partial charge in [0.25, 0.3) is 0 Å². The molecule has 0 saturated heterocycles. The number of aliphatic hydroxyl groups is 1. The molecule has 1 aromatic rings. The lowest BCUT2D eigenvalue weighted by molar-refractivity contribution is 0.201. The Hall–Kier alpha value is -1.02. The Bertz CT molecular complexity index is 350. The Morgan fingerprint density at radius 1 is 1.11 bits per heavy atom. The Balaban J connectivity index is 1.85. The van der Waals surface area contributed by atoms with E-state index in [4.69, 9.17) is 9.84 Å². The second-order valence-electron chi connectivity index (χ2n) is 5.65. The molecule has 1 aromatic carbocycles. The van der Waals surface area contributed by atoms with Gasteiger partial charge < -0.3 is 9.84 Å². The number of aliphatic hydroxyl groups excluding tert-OH is 1. The highest BCUT2D eigenvalue weighted by Crippen LogP contribution is 2.37. The van der Waals surface area contributed by atoms with E-state index in [1.807, 2.05) is 12.1 Å². The van der Waals surface area contributed by atoms with Crippen LogP contribution >= 0.6 is 0 Å². The normalized spacial score (nSPS) is 23.3. The van der Waals surface area contributed by atoms with Crippen LogP contribution in [0.15, 0.2) is 24.3 Å². The van der Waals surface area contributed by atoms with Crippen LogP contribution in [0.1, 0.15) is 56.9 Å². The van der Waals surface area contributed by atoms with Gasteiger partial charge in [-0.3, -0.25) is 0 Å². The predicted octanol–water partition coefficient (Wildman–Crippen LogP) is 4.13. The highest BCUT2D eigenvalue weighted by Gasteiger charge is 2.21. The fourth-order valence-electron chi connectivity index (χ4n) is 3.19. The smallest absolute Gasteiger partial charge is 0.119 e. The molecule has 2 heteroatoms. The maximum atomic E-state index is 8.73. The fraction of sp³-hybridized carbons (Fsp3) is 0.647. The lowest BCUT2D eigenvalue weighted by Gasteiger charge is -2.28. The molecule has 106 valence electrons. The lowest BCUT2D eigenvalue weighted by atomic mass is 9.77. The zero-order valence-corrected chi connectivity index (χ0v) is 12.0. The second kappa shape index (κ2) is 7.54. The first-order valence-corrected chi connectivity index (χ1v) is 7.67. The monoisotopic (exact) mass is 262 g/mol. The first kappa shape index (κ1) is 14.4. The van der Waals surface area contributed by atoms with Gasteiger partial charge in [0, 0.05) is 0 Å². The minimum absolute atomic E-state index is 0.0726. The van der Waals surface area contributed by atoms with E-state index in [1.165, 1.54) is 44.1 Å². The summed E-state index contributed by atoms with van der Waals surface area (Å²) in [7, 11) is 0. The summed E-state index contributed by atoms with van der Waals surface area (Å²) in [6, 6.07) is 8.45. The van der Waals surface area contributed by atoms with E-state index >= 15 is 0 Å². The summed E-state index contributed by atoms with van der Waals surface area (Å²) in [5, 5.41) is 8.73. The lowest BCUT2D eigenvalue weighted by Crippen LogP contribution is -2.13. The van der Waals surface area contributed by atoms with Gasteiger partial charge in [0.2, 0.25) is 0 Å². The largest absolute Gasteiger partial charge is 0.491 e. The summed E-state index contributed by atoms with van der Waals surface area (Å²) >= 11 is 0. The molecule has 1 N–H and O–H groups in total. The molecule has 1 aliphatic carbocycles. The maximum Gasteiger partial charge on any atom is 0.119 e. The van der Waals surface area contributed by atoms with Crippen molar-refractivity contribution in [3.8, 4) is 5.75 Å². The first-order chi connectivity index (χ1) is 9.33. The standard InChI is InChI=1S/C17H26O2/c1-2-3-14-4-6-15(7-5-14)16-8-10-17(11-9-16)19-13-12-18/h8-11,14-15,18H,2-7,12-13H2,1H3/t14-,15-. The van der Waals surface area contributed by atoms with Gasteiger partial charge >= 0.3 is 0 Å². The van der Waals surface area contributed by atoms with Crippen molar-refractivity contribution >= 4 is 0 Å². The number of ether oxygens (including phenoxy) is 1. The van der Waals surface area contributed by atoms with E-state index in [1.54, 1.807) is 0 Å². The van der Waals surface area contributed by atoms with E-state index in [0.717, 1.165) is 17.6 Å². The molecule has 0 aliphatic heterocycles. The Morgan fingerprint density at radius 3 is 2.37 bits per heavy atom. The molecule has 0 amide bonds. The third-order valence-corrected chi connectivity index (χ3v) is 4.26. The van der Waals surface area contributed by atoms with Crippen LogP contribution in [-0.2, 0) is 0 Å². The van der Waals surface area contributed by atoms with Crippen molar-refractivity contribution in [2.75, 3.05) is 13.2 Å². The molecule has 2 rings (SSSR count). The third-order valence-electron chi connectivity index (χ3n) is 4.26. The minimum Gasteiger partial charge on any atom is -0.491 e. The van der Waals surface area contributed by atoms with Crippen molar-refractivity contribution in [3.63, 3.8) is 0 Å². The minimum atomic E-state index is 0.0726. The van der Waals surface area contributed by atoms with Crippen LogP contribution in [0, 0.1) is 5.92 Å². The van der Waals surface area contributed by atoms with E-state index in [0.29, 0.717) is 6.61 Å². The fourth-order valence-corrected chi connectivity index (χ4v) is 3.19. The molecule has 0 spiro atoms. The van der Waals surface area contributed by atoms with Crippen molar-refractivity contribution in [3.05, 3.63) is 29.8 Å². The summed E-state index contributed by atoms with van der Waals surface area (Å²) in [4.78, 5) is 0. The highest BCUT2D eigenvalue weighted by molar-refractivity contribution is 5.29. The van der Waals surface area contributed by atoms with Crippen molar-refractivity contribution in [2.24, 2.45) is 5.92 Å². The van der Waals surface area contributed by atoms with Crippen LogP contribution in [0.25, 0.3) is 0 Å². The number of hydrogen-bond acceptors (Lipinski definition) is 2. The molecule has 1 aliphatic rings. The number of hydrogen-bond donors (Lipinski definition) is 1. The number of benzene rings is 1. The molecule has 1 fully saturated rings. The summed E-state index contributed by atoms with van der Waals surface area (Å²) in [5.74, 6) is 2.56. The second-order valence-corrected chi connectivity index (χ2v) is 5.65. The molecule has 19 heavy (non-hydrogen) atoms. The van der Waals surface area contributed by atoms with Gasteiger partial charge in [-0.15, -0.1) is 0 Å². The molecule has 1 saturated carbocycles. The summed E-state index contributed by atoms with van der Waals surface area (Å²) < 4.78 is 5.40. The van der Waals surface area contributed by atoms with Gasteiger partial charge in [-0.2, -0.15) is 0 Å². The predicted molar refractivity (Wildman–Crippen MR) is 78.6 cm³/mol. The topological polar surface area (TPSA) is 29.5 Å². The van der Waals surface area contributed by atoms with Crippen LogP contribution in [0.2, 0.25) is 0 Å². The molecular formula is C17H26O2. The maximum absolute atomic E-state index is 8.73. The van der Waals surface area contributed by atoms with Gasteiger partial charge in [-0.1, -0.05) is 31.9 Å². The van der Waals surface area contributed by atoms with Gasteiger partial charge in [0.1, 0.15) is 12.4 Å². The number of rotatable bonds is 6. The van der Waals surface area contributed by atoms with Crippen molar-refractivity contribution < 1.29 is 9.84 Å².